The number of rotatable bonds is 4. The molecule has 1 heterocycles. The van der Waals surface area contributed by atoms with Crippen LogP contribution in [0.4, 0.5) is 8.78 Å². The van der Waals surface area contributed by atoms with Crippen LogP contribution in [0.5, 0.6) is 0 Å². The minimum absolute atomic E-state index is 0.153. The molecule has 118 valence electrons. The molecular formula is C18H14ClF2NO. The monoisotopic (exact) mass is 333 g/mol. The summed E-state index contributed by atoms with van der Waals surface area (Å²) in [7, 11) is 0. The van der Waals surface area contributed by atoms with Crippen molar-refractivity contribution in [3.63, 3.8) is 0 Å². The van der Waals surface area contributed by atoms with Gasteiger partial charge >= 0.3 is 6.11 Å². The quantitative estimate of drug-likeness (QED) is 0.751. The predicted molar refractivity (Wildman–Crippen MR) is 86.9 cm³/mol. The number of oxime groups is 1. The average molecular weight is 334 g/mol. The molecule has 0 bridgehead atoms. The standard InChI is InChI=1S/C18H14ClF2NO/c19-15-11-9-14(10-12-15)17-16(18(20,21)23-22-17)8-4-7-13-5-2-1-3-6-13/h1-3,5-6,8-12H,4,7H2/b16-8+. The first kappa shape index (κ1) is 15.7. The van der Waals surface area contributed by atoms with Crippen LogP contribution in [0.15, 0.2) is 71.4 Å². The highest BCUT2D eigenvalue weighted by atomic mass is 35.5. The van der Waals surface area contributed by atoms with Crippen LogP contribution < -0.4 is 0 Å². The van der Waals surface area contributed by atoms with Crippen molar-refractivity contribution in [3.8, 4) is 0 Å². The number of hydrogen-bond donors (Lipinski definition) is 0. The largest absolute Gasteiger partial charge is 0.448 e. The molecule has 0 fully saturated rings. The minimum Gasteiger partial charge on any atom is -0.318 e. The summed E-state index contributed by atoms with van der Waals surface area (Å²) < 4.78 is 27.8. The Labute approximate surface area is 138 Å². The fourth-order valence-corrected chi connectivity index (χ4v) is 2.52. The Morgan fingerprint density at radius 2 is 1.74 bits per heavy atom. The number of hydrogen-bond acceptors (Lipinski definition) is 2. The van der Waals surface area contributed by atoms with E-state index in [1.54, 1.807) is 24.3 Å². The van der Waals surface area contributed by atoms with Gasteiger partial charge in [-0.2, -0.15) is 8.78 Å². The number of nitrogens with zero attached hydrogens (tertiary/aromatic N) is 1. The molecule has 1 aliphatic rings. The lowest BCUT2D eigenvalue weighted by Crippen LogP contribution is -2.20. The Hall–Kier alpha value is -2.20. The Kier molecular flexibility index (Phi) is 4.44. The Balaban J connectivity index is 1.80. The van der Waals surface area contributed by atoms with Crippen LogP contribution in [0.2, 0.25) is 5.02 Å². The van der Waals surface area contributed by atoms with Crippen LogP contribution in [-0.4, -0.2) is 11.8 Å². The van der Waals surface area contributed by atoms with Crippen LogP contribution in [0.1, 0.15) is 17.5 Å². The lowest BCUT2D eigenvalue weighted by Gasteiger charge is -2.09. The third-order valence-electron chi connectivity index (χ3n) is 3.56. The van der Waals surface area contributed by atoms with Gasteiger partial charge in [0.15, 0.2) is 0 Å². The van der Waals surface area contributed by atoms with Gasteiger partial charge in [0.1, 0.15) is 5.71 Å². The van der Waals surface area contributed by atoms with E-state index in [0.717, 1.165) is 5.56 Å². The van der Waals surface area contributed by atoms with Gasteiger partial charge in [0.2, 0.25) is 0 Å². The molecule has 0 saturated carbocycles. The number of allylic oxidation sites excluding steroid dienone is 1. The predicted octanol–water partition coefficient (Wildman–Crippen LogP) is 5.23. The smallest absolute Gasteiger partial charge is 0.318 e. The van der Waals surface area contributed by atoms with E-state index in [1.807, 2.05) is 30.3 Å². The average Bonchev–Trinajstić information content (AvgIpc) is 2.85. The lowest BCUT2D eigenvalue weighted by atomic mass is 10.00. The molecule has 2 nitrogen and oxygen atoms in total. The second kappa shape index (κ2) is 6.50. The van der Waals surface area contributed by atoms with E-state index in [4.69, 9.17) is 11.6 Å². The first-order chi connectivity index (χ1) is 11.1. The second-order valence-electron chi connectivity index (χ2n) is 5.20. The Morgan fingerprint density at radius 1 is 1.04 bits per heavy atom. The summed E-state index contributed by atoms with van der Waals surface area (Å²) in [5, 5.41) is 4.09. The Bertz CT molecular complexity index is 739. The van der Waals surface area contributed by atoms with Crippen LogP contribution in [-0.2, 0) is 11.3 Å². The number of halogens is 3. The molecule has 23 heavy (non-hydrogen) atoms. The van der Waals surface area contributed by atoms with Crippen LogP contribution in [0.3, 0.4) is 0 Å². The molecule has 5 heteroatoms. The summed E-state index contributed by atoms with van der Waals surface area (Å²) in [4.78, 5) is 4.31. The maximum Gasteiger partial charge on any atom is 0.448 e. The van der Waals surface area contributed by atoms with E-state index in [1.165, 1.54) is 6.08 Å². The molecular weight excluding hydrogens is 320 g/mol. The highest BCUT2D eigenvalue weighted by Gasteiger charge is 2.45. The summed E-state index contributed by atoms with van der Waals surface area (Å²) in [6.07, 6.45) is -0.752. The third-order valence-corrected chi connectivity index (χ3v) is 3.81. The molecule has 1 aliphatic heterocycles. The van der Waals surface area contributed by atoms with Crippen molar-refractivity contribution in [3.05, 3.63) is 82.4 Å². The molecule has 3 rings (SSSR count). The highest BCUT2D eigenvalue weighted by molar-refractivity contribution is 6.30. The molecule has 0 atom stereocenters. The maximum absolute atomic E-state index is 13.9. The molecule has 0 spiro atoms. The van der Waals surface area contributed by atoms with Gasteiger partial charge in [-0.15, -0.1) is 0 Å². The van der Waals surface area contributed by atoms with Gasteiger partial charge in [0, 0.05) is 10.6 Å². The van der Waals surface area contributed by atoms with Gasteiger partial charge in [0.05, 0.1) is 5.57 Å². The number of benzene rings is 2. The van der Waals surface area contributed by atoms with Crippen LogP contribution >= 0.6 is 11.6 Å². The van der Waals surface area contributed by atoms with Crippen LogP contribution in [0, 0.1) is 0 Å². The third kappa shape index (κ3) is 3.59. The van der Waals surface area contributed by atoms with Crippen LogP contribution in [0.25, 0.3) is 0 Å². The van der Waals surface area contributed by atoms with Gasteiger partial charge in [-0.3, -0.25) is 0 Å². The Morgan fingerprint density at radius 3 is 2.43 bits per heavy atom. The van der Waals surface area contributed by atoms with Gasteiger partial charge in [-0.05, 0) is 30.5 Å². The maximum atomic E-state index is 13.9. The van der Waals surface area contributed by atoms with Crippen molar-refractivity contribution in [2.75, 3.05) is 0 Å². The van der Waals surface area contributed by atoms with Gasteiger partial charge < -0.3 is 4.84 Å². The molecule has 0 aliphatic carbocycles. The summed E-state index contributed by atoms with van der Waals surface area (Å²) >= 11 is 5.83. The van der Waals surface area contributed by atoms with Gasteiger partial charge in [-0.1, -0.05) is 65.3 Å². The number of alkyl halides is 2. The van der Waals surface area contributed by atoms with E-state index in [-0.39, 0.29) is 11.3 Å². The molecule has 0 amide bonds. The highest BCUT2D eigenvalue weighted by Crippen LogP contribution is 2.35. The molecule has 0 N–H and O–H groups in total. The molecule has 0 saturated heterocycles. The van der Waals surface area contributed by atoms with E-state index in [2.05, 4.69) is 9.99 Å². The first-order valence-corrected chi connectivity index (χ1v) is 7.59. The van der Waals surface area contributed by atoms with Gasteiger partial charge in [0.25, 0.3) is 0 Å². The summed E-state index contributed by atoms with van der Waals surface area (Å²) in [5.74, 6) is 0. The zero-order chi connectivity index (χ0) is 16.3. The molecule has 0 aromatic heterocycles. The van der Waals surface area contributed by atoms with E-state index in [0.29, 0.717) is 23.4 Å². The molecule has 0 radical (unpaired) electrons. The molecule has 2 aromatic carbocycles. The van der Waals surface area contributed by atoms with Crippen molar-refractivity contribution >= 4 is 17.3 Å². The van der Waals surface area contributed by atoms with E-state index >= 15 is 0 Å². The fourth-order valence-electron chi connectivity index (χ4n) is 2.40. The second-order valence-corrected chi connectivity index (χ2v) is 5.63. The van der Waals surface area contributed by atoms with Crippen molar-refractivity contribution < 1.29 is 13.6 Å². The van der Waals surface area contributed by atoms with Crippen molar-refractivity contribution in [2.45, 2.75) is 19.0 Å². The van der Waals surface area contributed by atoms with Crippen molar-refractivity contribution in [2.24, 2.45) is 5.16 Å². The van der Waals surface area contributed by atoms with Gasteiger partial charge in [-0.25, -0.2) is 0 Å². The summed E-state index contributed by atoms with van der Waals surface area (Å²) in [6, 6.07) is 16.3. The number of aryl methyl sites for hydroxylation is 1. The van der Waals surface area contributed by atoms with Crippen molar-refractivity contribution in [1.29, 1.82) is 0 Å². The molecule has 2 aromatic rings. The lowest BCUT2D eigenvalue weighted by molar-refractivity contribution is -0.194. The van der Waals surface area contributed by atoms with Crippen molar-refractivity contribution in [1.82, 2.24) is 0 Å². The zero-order valence-corrected chi connectivity index (χ0v) is 12.9. The normalized spacial score (nSPS) is 17.9. The summed E-state index contributed by atoms with van der Waals surface area (Å²) in [5.41, 5.74) is 1.60. The first-order valence-electron chi connectivity index (χ1n) is 7.21. The summed E-state index contributed by atoms with van der Waals surface area (Å²) in [6.45, 7) is 0. The molecule has 0 unspecified atom stereocenters. The minimum atomic E-state index is -3.40. The van der Waals surface area contributed by atoms with E-state index < -0.39 is 6.11 Å². The zero-order valence-electron chi connectivity index (χ0n) is 12.2. The fraction of sp³-hybridized carbons (Fsp3) is 0.167. The topological polar surface area (TPSA) is 21.6 Å². The van der Waals surface area contributed by atoms with E-state index in [9.17, 15) is 8.78 Å². The SMILES string of the molecule is FC1(F)ON=C(c2ccc(Cl)cc2)/C1=C\CCc1ccccc1.